The fourth-order valence-electron chi connectivity index (χ4n) is 2.05. The molecule has 1 aromatic carbocycles. The highest BCUT2D eigenvalue weighted by molar-refractivity contribution is 7.10. The molecule has 118 valence electrons. The van der Waals surface area contributed by atoms with Gasteiger partial charge in [-0.1, -0.05) is 23.2 Å². The van der Waals surface area contributed by atoms with E-state index < -0.39 is 0 Å². The Labute approximate surface area is 144 Å². The van der Waals surface area contributed by atoms with Gasteiger partial charge in [0.2, 0.25) is 0 Å². The number of quaternary nitrogens is 1. The number of aryl methyl sites for hydroxylation is 1. The predicted molar refractivity (Wildman–Crippen MR) is 94.2 cm³/mol. The van der Waals surface area contributed by atoms with Crippen LogP contribution in [0.25, 0.3) is 0 Å². The zero-order chi connectivity index (χ0) is 16.3. The van der Waals surface area contributed by atoms with Gasteiger partial charge in [0.05, 0.1) is 22.6 Å². The monoisotopic (exact) mass is 357 g/mol. The van der Waals surface area contributed by atoms with Crippen molar-refractivity contribution in [3.63, 3.8) is 0 Å². The summed E-state index contributed by atoms with van der Waals surface area (Å²) in [5.41, 5.74) is 1.82. The Morgan fingerprint density at radius 1 is 1.36 bits per heavy atom. The lowest BCUT2D eigenvalue weighted by Crippen LogP contribution is -3.12. The quantitative estimate of drug-likeness (QED) is 0.844. The molecule has 6 heteroatoms. The minimum absolute atomic E-state index is 0.0733. The van der Waals surface area contributed by atoms with Crippen molar-refractivity contribution in [3.8, 4) is 0 Å². The van der Waals surface area contributed by atoms with Crippen molar-refractivity contribution in [2.45, 2.75) is 26.4 Å². The lowest BCUT2D eigenvalue weighted by molar-refractivity contribution is -0.907. The van der Waals surface area contributed by atoms with Gasteiger partial charge in [-0.2, -0.15) is 0 Å². The van der Waals surface area contributed by atoms with Crippen LogP contribution in [0.5, 0.6) is 0 Å². The normalized spacial score (nSPS) is 13.7. The highest BCUT2D eigenvalue weighted by Gasteiger charge is 2.23. The summed E-state index contributed by atoms with van der Waals surface area (Å²) in [4.78, 5) is 14.8. The number of thiophene rings is 1. The molecule has 0 spiro atoms. The number of amides is 1. The van der Waals surface area contributed by atoms with Crippen molar-refractivity contribution < 1.29 is 9.69 Å². The zero-order valence-corrected chi connectivity index (χ0v) is 15.1. The molecule has 3 nitrogen and oxygen atoms in total. The number of hydrogen-bond acceptors (Lipinski definition) is 2. The molecule has 0 aliphatic rings. The third kappa shape index (κ3) is 4.23. The molecule has 0 saturated carbocycles. The molecule has 2 aromatic rings. The molecule has 2 N–H and O–H groups in total. The van der Waals surface area contributed by atoms with Crippen molar-refractivity contribution in [3.05, 3.63) is 50.1 Å². The molecule has 0 radical (unpaired) electrons. The first kappa shape index (κ1) is 17.3. The van der Waals surface area contributed by atoms with Crippen LogP contribution in [-0.2, 0) is 11.3 Å². The third-order valence-electron chi connectivity index (χ3n) is 3.73. The maximum absolute atomic E-state index is 12.4. The summed E-state index contributed by atoms with van der Waals surface area (Å²) in [5.74, 6) is -0.0733. The largest absolute Gasteiger partial charge is 0.323 e. The van der Waals surface area contributed by atoms with Crippen molar-refractivity contribution in [2.75, 3.05) is 12.4 Å². The summed E-state index contributed by atoms with van der Waals surface area (Å²) < 4.78 is 0. The van der Waals surface area contributed by atoms with Gasteiger partial charge in [0.1, 0.15) is 6.54 Å². The number of anilines is 1. The van der Waals surface area contributed by atoms with E-state index in [1.807, 2.05) is 14.0 Å². The average molecular weight is 358 g/mol. The maximum atomic E-state index is 12.4. The van der Waals surface area contributed by atoms with E-state index in [4.69, 9.17) is 23.2 Å². The second kappa shape index (κ2) is 7.47. The molecule has 0 bridgehead atoms. The highest BCUT2D eigenvalue weighted by Crippen LogP contribution is 2.25. The number of likely N-dealkylation sites (N-methyl/N-ethyl adjacent to an activating group) is 1. The topological polar surface area (TPSA) is 33.5 Å². The van der Waals surface area contributed by atoms with Gasteiger partial charge >= 0.3 is 0 Å². The molecule has 0 aliphatic carbocycles. The number of benzene rings is 1. The second-order valence-electron chi connectivity index (χ2n) is 5.39. The number of nitrogens with one attached hydrogen (secondary N) is 2. The summed E-state index contributed by atoms with van der Waals surface area (Å²) in [6.07, 6.45) is 0. The van der Waals surface area contributed by atoms with E-state index in [9.17, 15) is 4.79 Å². The molecule has 1 amide bonds. The second-order valence-corrected chi connectivity index (χ2v) is 7.23. The van der Waals surface area contributed by atoms with Crippen LogP contribution in [0.4, 0.5) is 5.69 Å². The Morgan fingerprint density at radius 3 is 2.73 bits per heavy atom. The number of rotatable bonds is 5. The Hall–Kier alpha value is -1.07. The summed E-state index contributed by atoms with van der Waals surface area (Å²) in [5, 5.41) is 5.96. The Bertz CT molecular complexity index is 672. The van der Waals surface area contributed by atoms with E-state index in [0.29, 0.717) is 15.7 Å². The van der Waals surface area contributed by atoms with Crippen molar-refractivity contribution in [1.82, 2.24) is 0 Å². The van der Waals surface area contributed by atoms with Gasteiger partial charge < -0.3 is 10.2 Å². The van der Waals surface area contributed by atoms with Crippen LogP contribution >= 0.6 is 34.5 Å². The van der Waals surface area contributed by atoms with Gasteiger partial charge in [-0.25, -0.2) is 0 Å². The van der Waals surface area contributed by atoms with Gasteiger partial charge in [0, 0.05) is 5.02 Å². The smallest absolute Gasteiger partial charge is 0.282 e. The maximum Gasteiger partial charge on any atom is 0.282 e. The van der Waals surface area contributed by atoms with Crippen LogP contribution in [0.1, 0.15) is 17.4 Å². The number of carbonyl (C=O) groups is 1. The van der Waals surface area contributed by atoms with Crippen molar-refractivity contribution in [2.24, 2.45) is 0 Å². The zero-order valence-electron chi connectivity index (χ0n) is 12.7. The van der Waals surface area contributed by atoms with Gasteiger partial charge in [-0.3, -0.25) is 4.79 Å². The summed E-state index contributed by atoms with van der Waals surface area (Å²) >= 11 is 13.7. The van der Waals surface area contributed by atoms with Crippen molar-refractivity contribution >= 4 is 46.1 Å². The predicted octanol–water partition coefficient (Wildman–Crippen LogP) is 3.41. The van der Waals surface area contributed by atoms with E-state index in [2.05, 4.69) is 23.7 Å². The lowest BCUT2D eigenvalue weighted by Gasteiger charge is -2.21. The van der Waals surface area contributed by atoms with Crippen LogP contribution in [-0.4, -0.2) is 19.0 Å². The summed E-state index contributed by atoms with van der Waals surface area (Å²) in [6.45, 7) is 4.82. The van der Waals surface area contributed by atoms with Gasteiger partial charge in [-0.05, 0) is 49.1 Å². The van der Waals surface area contributed by atoms with Crippen LogP contribution in [0.2, 0.25) is 10.0 Å². The molecule has 1 heterocycles. The first-order valence-corrected chi connectivity index (χ1v) is 8.63. The van der Waals surface area contributed by atoms with Crippen LogP contribution < -0.4 is 10.2 Å². The fraction of sp³-hybridized carbons (Fsp3) is 0.312. The minimum atomic E-state index is -0.198. The number of hydrogen-bond donors (Lipinski definition) is 2. The molecular weight excluding hydrogens is 339 g/mol. The van der Waals surface area contributed by atoms with E-state index in [1.165, 1.54) is 10.4 Å². The van der Waals surface area contributed by atoms with Gasteiger partial charge in [0.25, 0.3) is 5.91 Å². The Balaban J connectivity index is 2.02. The first-order chi connectivity index (χ1) is 10.4. The van der Waals surface area contributed by atoms with Gasteiger partial charge in [0.15, 0.2) is 6.04 Å². The van der Waals surface area contributed by atoms with Crippen LogP contribution in [0.15, 0.2) is 29.6 Å². The molecule has 0 aliphatic heterocycles. The average Bonchev–Trinajstić information content (AvgIpc) is 2.87. The number of carbonyl (C=O) groups excluding carboxylic acids is 1. The molecule has 22 heavy (non-hydrogen) atoms. The van der Waals surface area contributed by atoms with E-state index in [-0.39, 0.29) is 11.9 Å². The van der Waals surface area contributed by atoms with E-state index in [0.717, 1.165) is 11.4 Å². The molecule has 0 saturated heterocycles. The SMILES string of the molecule is Cc1ccsc1C[NH+](C)[C@@H](C)C(=O)Nc1cc(Cl)ccc1Cl. The lowest BCUT2D eigenvalue weighted by atomic mass is 10.2. The minimum Gasteiger partial charge on any atom is -0.323 e. The van der Waals surface area contributed by atoms with Crippen molar-refractivity contribution in [1.29, 1.82) is 0 Å². The van der Waals surface area contributed by atoms with E-state index in [1.54, 1.807) is 29.5 Å². The first-order valence-electron chi connectivity index (χ1n) is 6.99. The summed E-state index contributed by atoms with van der Waals surface area (Å²) in [7, 11) is 2.02. The van der Waals surface area contributed by atoms with E-state index >= 15 is 0 Å². The molecule has 2 atom stereocenters. The van der Waals surface area contributed by atoms with Gasteiger partial charge in [-0.15, -0.1) is 11.3 Å². The number of halogens is 2. The van der Waals surface area contributed by atoms with Crippen LogP contribution in [0, 0.1) is 6.92 Å². The third-order valence-corrected chi connectivity index (χ3v) is 5.31. The molecule has 1 unspecified atom stereocenters. The highest BCUT2D eigenvalue weighted by atomic mass is 35.5. The Kier molecular flexibility index (Phi) is 5.87. The molecule has 0 fully saturated rings. The molecule has 1 aromatic heterocycles. The molecule has 2 rings (SSSR count). The Morgan fingerprint density at radius 2 is 2.09 bits per heavy atom. The summed E-state index contributed by atoms with van der Waals surface area (Å²) in [6, 6.07) is 6.93. The van der Waals surface area contributed by atoms with Crippen LogP contribution in [0.3, 0.4) is 0 Å². The fourth-order valence-corrected chi connectivity index (χ4v) is 3.39. The molecular formula is C16H19Cl2N2OS+. The standard InChI is InChI=1S/C16H18Cl2N2OS/c1-10-6-7-22-15(10)9-20(3)11(2)16(21)19-14-8-12(17)4-5-13(14)18/h4-8,11H,9H2,1-3H3,(H,19,21)/p+1/t11-/m0/s1.